The first-order valence-electron chi connectivity index (χ1n) is 8.69. The molecule has 2 nitrogen and oxygen atoms in total. The predicted octanol–water partition coefficient (Wildman–Crippen LogP) is 7.64. The number of benzene rings is 2. The van der Waals surface area contributed by atoms with Crippen LogP contribution in [0.15, 0.2) is 42.5 Å². The Labute approximate surface area is 198 Å². The number of hydrogen-bond donors (Lipinski definition) is 2. The molecule has 0 heterocycles. The van der Waals surface area contributed by atoms with Crippen LogP contribution in [-0.4, -0.2) is 17.8 Å². The summed E-state index contributed by atoms with van der Waals surface area (Å²) in [6.07, 6.45) is -4.05. The van der Waals surface area contributed by atoms with Crippen molar-refractivity contribution in [2.24, 2.45) is 5.73 Å². The van der Waals surface area contributed by atoms with Crippen molar-refractivity contribution < 1.29 is 13.2 Å². The predicted molar refractivity (Wildman–Crippen MR) is 124 cm³/mol. The van der Waals surface area contributed by atoms with Crippen molar-refractivity contribution in [1.29, 1.82) is 0 Å². The van der Waals surface area contributed by atoms with Gasteiger partial charge in [-0.15, -0.1) is 0 Å². The highest BCUT2D eigenvalue weighted by Gasteiger charge is 2.28. The van der Waals surface area contributed by atoms with Crippen molar-refractivity contribution in [3.8, 4) is 0 Å². The fourth-order valence-electron chi connectivity index (χ4n) is 2.99. The summed E-state index contributed by atoms with van der Waals surface area (Å²) in [6, 6.07) is 9.91. The lowest BCUT2D eigenvalue weighted by molar-refractivity contribution is -0.124. The maximum atomic E-state index is 13.1. The molecule has 0 saturated carbocycles. The molecule has 10 heteroatoms. The fraction of sp³-hybridized carbons (Fsp3) is 0.250. The fourth-order valence-corrected chi connectivity index (χ4v) is 3.95. The smallest absolute Gasteiger partial charge is 0.376 e. The second kappa shape index (κ2) is 10.9. The molecule has 2 aromatic carbocycles. The van der Waals surface area contributed by atoms with Crippen LogP contribution in [0.1, 0.15) is 29.9 Å². The van der Waals surface area contributed by atoms with Crippen LogP contribution < -0.4 is 11.1 Å². The van der Waals surface area contributed by atoms with Crippen LogP contribution in [0, 0.1) is 0 Å². The normalized spacial score (nSPS) is 13.2. The van der Waals surface area contributed by atoms with Gasteiger partial charge < -0.3 is 11.1 Å². The molecule has 0 amide bonds. The zero-order valence-corrected chi connectivity index (χ0v) is 19.2. The molecule has 3 N–H and O–H groups in total. The van der Waals surface area contributed by atoms with Crippen LogP contribution in [0.5, 0.6) is 0 Å². The number of nitrogens with two attached hydrogens (primary N) is 1. The van der Waals surface area contributed by atoms with Gasteiger partial charge in [0.05, 0.1) is 21.5 Å². The summed E-state index contributed by atoms with van der Waals surface area (Å²) in [5, 5.41) is 3.72. The van der Waals surface area contributed by atoms with Crippen molar-refractivity contribution in [3.63, 3.8) is 0 Å². The zero-order valence-electron chi connectivity index (χ0n) is 15.4. The molecule has 0 aromatic heterocycles. The van der Waals surface area contributed by atoms with Gasteiger partial charge in [-0.2, -0.15) is 13.2 Å². The summed E-state index contributed by atoms with van der Waals surface area (Å²) < 4.78 is 39.2. The first-order valence-corrected chi connectivity index (χ1v) is 10.6. The second-order valence-electron chi connectivity index (χ2n) is 6.39. The highest BCUT2D eigenvalue weighted by atomic mass is 35.5. The molecule has 2 aromatic rings. The van der Waals surface area contributed by atoms with Gasteiger partial charge in [0.1, 0.15) is 0 Å². The number of rotatable bonds is 7. The molecule has 1 atom stereocenters. The summed E-state index contributed by atoms with van der Waals surface area (Å²) in [7, 11) is 0. The Morgan fingerprint density at radius 2 is 1.67 bits per heavy atom. The van der Waals surface area contributed by atoms with Crippen molar-refractivity contribution in [3.05, 3.63) is 73.7 Å². The van der Waals surface area contributed by atoms with Gasteiger partial charge in [0.2, 0.25) is 0 Å². The van der Waals surface area contributed by atoms with Crippen LogP contribution in [-0.2, 0) is 0 Å². The second-order valence-corrected chi connectivity index (χ2v) is 8.43. The van der Waals surface area contributed by atoms with E-state index in [0.29, 0.717) is 34.7 Å². The third-order valence-electron chi connectivity index (χ3n) is 4.26. The number of nitrogens with one attached hydrogen (secondary N) is 1. The Hall–Kier alpha value is -1.18. The van der Waals surface area contributed by atoms with Gasteiger partial charge in [0.25, 0.3) is 0 Å². The molecule has 0 bridgehead atoms. The lowest BCUT2D eigenvalue weighted by Crippen LogP contribution is -2.30. The third-order valence-corrected chi connectivity index (χ3v) is 5.94. The summed E-state index contributed by atoms with van der Waals surface area (Å²) >= 11 is 29.5. The Morgan fingerprint density at radius 3 is 2.20 bits per heavy atom. The van der Waals surface area contributed by atoms with Crippen molar-refractivity contribution in [1.82, 2.24) is 5.32 Å². The van der Waals surface area contributed by atoms with Crippen LogP contribution in [0.4, 0.5) is 13.2 Å². The van der Waals surface area contributed by atoms with Crippen LogP contribution >= 0.6 is 58.6 Å². The molecule has 0 saturated heterocycles. The summed E-state index contributed by atoms with van der Waals surface area (Å²) in [5.74, 6) is -0.517. The average Bonchev–Trinajstić information content (AvgIpc) is 2.64. The molecular weight excluding hydrogens is 499 g/mol. The van der Waals surface area contributed by atoms with Gasteiger partial charge in [0, 0.05) is 17.5 Å². The number of alkyl halides is 3. The van der Waals surface area contributed by atoms with E-state index in [1.807, 2.05) is 0 Å². The maximum Gasteiger partial charge on any atom is 0.392 e. The number of thiocarbonyl (C=S) groups is 1. The molecule has 0 radical (unpaired) electrons. The molecular formula is C20H17Cl4F3N2S. The molecule has 30 heavy (non-hydrogen) atoms. The van der Waals surface area contributed by atoms with Gasteiger partial charge in [-0.05, 0) is 53.5 Å². The molecule has 162 valence electrons. The zero-order chi connectivity index (χ0) is 22.5. The standard InChI is InChI=1S/C20H17Cl4F3N2S/c21-15-4-2-1-3-14(15)13(6-8-29-19(28)30)12(5-7-20(25,26)27)11-9-16(22)18(24)17(23)10-11/h1-5,9-10,13H,6-8H2,(H3,28,29,30)/b12-5-. The van der Waals surface area contributed by atoms with E-state index in [-0.39, 0.29) is 20.2 Å². The summed E-state index contributed by atoms with van der Waals surface area (Å²) in [6.45, 7) is 0.323. The van der Waals surface area contributed by atoms with E-state index in [2.05, 4.69) is 5.32 Å². The van der Waals surface area contributed by atoms with Gasteiger partial charge in [-0.25, -0.2) is 0 Å². The molecule has 1 unspecified atom stereocenters. The van der Waals surface area contributed by atoms with Crippen molar-refractivity contribution in [2.45, 2.75) is 24.9 Å². The molecule has 0 fully saturated rings. The van der Waals surface area contributed by atoms with Crippen molar-refractivity contribution in [2.75, 3.05) is 6.54 Å². The van der Waals surface area contributed by atoms with Crippen LogP contribution in [0.3, 0.4) is 0 Å². The van der Waals surface area contributed by atoms with Crippen LogP contribution in [0.2, 0.25) is 20.1 Å². The van der Waals surface area contributed by atoms with E-state index in [1.54, 1.807) is 24.3 Å². The summed E-state index contributed by atoms with van der Waals surface area (Å²) in [4.78, 5) is 0. The Bertz CT molecular complexity index is 925. The Kier molecular flexibility index (Phi) is 9.13. The summed E-state index contributed by atoms with van der Waals surface area (Å²) in [5.41, 5.74) is 6.92. The van der Waals surface area contributed by atoms with E-state index >= 15 is 0 Å². The monoisotopic (exact) mass is 514 g/mol. The third kappa shape index (κ3) is 7.20. The van der Waals surface area contributed by atoms with Gasteiger partial charge >= 0.3 is 6.18 Å². The number of allylic oxidation sites excluding steroid dienone is 2. The van der Waals surface area contributed by atoms with E-state index < -0.39 is 18.5 Å². The highest BCUT2D eigenvalue weighted by molar-refractivity contribution is 7.80. The van der Waals surface area contributed by atoms with Gasteiger partial charge in [-0.1, -0.05) is 70.7 Å². The Morgan fingerprint density at radius 1 is 1.07 bits per heavy atom. The SMILES string of the molecule is NC(=S)NCCC(/C(=C\CC(F)(F)F)c1cc(Cl)c(Cl)c(Cl)c1)c1ccccc1Cl. The minimum Gasteiger partial charge on any atom is -0.376 e. The highest BCUT2D eigenvalue weighted by Crippen LogP contribution is 2.42. The molecule has 0 spiro atoms. The molecule has 0 aliphatic rings. The number of hydrogen-bond acceptors (Lipinski definition) is 1. The largest absolute Gasteiger partial charge is 0.392 e. The first kappa shape index (κ1) is 25.1. The van der Waals surface area contributed by atoms with Crippen LogP contribution in [0.25, 0.3) is 5.57 Å². The lowest BCUT2D eigenvalue weighted by atomic mass is 9.83. The van der Waals surface area contributed by atoms with E-state index in [9.17, 15) is 13.2 Å². The topological polar surface area (TPSA) is 38.0 Å². The van der Waals surface area contributed by atoms with Gasteiger partial charge in [-0.3, -0.25) is 0 Å². The van der Waals surface area contributed by atoms with Gasteiger partial charge in [0.15, 0.2) is 5.11 Å². The maximum absolute atomic E-state index is 13.1. The van der Waals surface area contributed by atoms with E-state index in [4.69, 9.17) is 64.4 Å². The average molecular weight is 516 g/mol. The molecule has 0 aliphatic heterocycles. The Balaban J connectivity index is 2.62. The minimum absolute atomic E-state index is 0.0892. The van der Waals surface area contributed by atoms with E-state index in [0.717, 1.165) is 6.08 Å². The molecule has 2 rings (SSSR count). The lowest BCUT2D eigenvalue weighted by Gasteiger charge is -2.24. The molecule has 0 aliphatic carbocycles. The number of halogens is 7. The van der Waals surface area contributed by atoms with E-state index in [1.165, 1.54) is 12.1 Å². The van der Waals surface area contributed by atoms with Crippen molar-refractivity contribution >= 4 is 69.3 Å². The minimum atomic E-state index is -4.40. The first-order chi connectivity index (χ1) is 14.0. The quantitative estimate of drug-likeness (QED) is 0.294.